The van der Waals surface area contributed by atoms with Crippen LogP contribution < -0.4 is 0 Å². The van der Waals surface area contributed by atoms with E-state index in [9.17, 15) is 0 Å². The Morgan fingerprint density at radius 2 is 1.53 bits per heavy atom. The van der Waals surface area contributed by atoms with Crippen molar-refractivity contribution in [3.05, 3.63) is 80.0 Å². The van der Waals surface area contributed by atoms with Crippen molar-refractivity contribution < 1.29 is 0 Å². The van der Waals surface area contributed by atoms with Gasteiger partial charge in [-0.05, 0) is 43.5 Å². The zero-order valence-electron chi connectivity index (χ0n) is 17.1. The zero-order chi connectivity index (χ0) is 20.6. The molecule has 4 aromatic rings. The standard InChI is InChI=1S/C24H27N6/c1-2-7-18(24-28-17-22(30-24)20-10-6-13-26-15-20)8-3-4-11-23-27-16-21(29-23)19-9-5-12-25-14-19/h5-6,9-10,12-18H,1-4,7-8,11H2,(H,27,29)(H,28,30). The van der Waals surface area contributed by atoms with Crippen LogP contribution in [0.5, 0.6) is 0 Å². The molecule has 0 aliphatic rings. The molecular weight excluding hydrogens is 372 g/mol. The van der Waals surface area contributed by atoms with Crippen molar-refractivity contribution in [2.45, 2.75) is 44.4 Å². The third-order valence-corrected chi connectivity index (χ3v) is 5.30. The van der Waals surface area contributed by atoms with Gasteiger partial charge in [0.1, 0.15) is 11.6 Å². The summed E-state index contributed by atoms with van der Waals surface area (Å²) >= 11 is 0. The average molecular weight is 400 g/mol. The number of rotatable bonds is 10. The first-order chi connectivity index (χ1) is 14.8. The lowest BCUT2D eigenvalue weighted by Gasteiger charge is -2.13. The molecule has 1 radical (unpaired) electrons. The SMILES string of the molecule is [CH2]CCC(CCCCc1nc(-c2cccnc2)c[nH]1)c1nc(-c2cccnc2)c[nH]1. The highest BCUT2D eigenvalue weighted by Gasteiger charge is 2.15. The van der Waals surface area contributed by atoms with Crippen LogP contribution in [-0.4, -0.2) is 29.9 Å². The van der Waals surface area contributed by atoms with Gasteiger partial charge in [0, 0.05) is 60.6 Å². The van der Waals surface area contributed by atoms with Crippen LogP contribution in [0.4, 0.5) is 0 Å². The number of pyridine rings is 2. The Morgan fingerprint density at radius 3 is 2.20 bits per heavy atom. The highest BCUT2D eigenvalue weighted by Crippen LogP contribution is 2.27. The Morgan fingerprint density at radius 1 is 0.833 bits per heavy atom. The van der Waals surface area contributed by atoms with Crippen LogP contribution in [0.15, 0.2) is 61.4 Å². The maximum atomic E-state index is 4.83. The monoisotopic (exact) mass is 399 g/mol. The van der Waals surface area contributed by atoms with Crippen LogP contribution in [0.1, 0.15) is 49.7 Å². The van der Waals surface area contributed by atoms with Crippen LogP contribution >= 0.6 is 0 Å². The first-order valence-electron chi connectivity index (χ1n) is 10.5. The summed E-state index contributed by atoms with van der Waals surface area (Å²) in [6.45, 7) is 4.05. The second kappa shape index (κ2) is 9.96. The molecule has 0 saturated heterocycles. The quantitative estimate of drug-likeness (QED) is 0.351. The Hall–Kier alpha value is -3.28. The highest BCUT2D eigenvalue weighted by molar-refractivity contribution is 5.57. The number of nitrogens with zero attached hydrogens (tertiary/aromatic N) is 4. The smallest absolute Gasteiger partial charge is 0.109 e. The van der Waals surface area contributed by atoms with E-state index in [-0.39, 0.29) is 0 Å². The molecule has 0 aromatic carbocycles. The summed E-state index contributed by atoms with van der Waals surface area (Å²) < 4.78 is 0. The summed E-state index contributed by atoms with van der Waals surface area (Å²) in [7, 11) is 0. The second-order valence-corrected chi connectivity index (χ2v) is 7.47. The second-order valence-electron chi connectivity index (χ2n) is 7.47. The molecule has 0 fully saturated rings. The zero-order valence-corrected chi connectivity index (χ0v) is 17.1. The van der Waals surface area contributed by atoms with E-state index in [0.29, 0.717) is 5.92 Å². The molecule has 1 atom stereocenters. The van der Waals surface area contributed by atoms with E-state index in [1.165, 1.54) is 0 Å². The lowest BCUT2D eigenvalue weighted by atomic mass is 9.95. The fourth-order valence-corrected chi connectivity index (χ4v) is 3.71. The molecule has 0 amide bonds. The van der Waals surface area contributed by atoms with Gasteiger partial charge >= 0.3 is 0 Å². The van der Waals surface area contributed by atoms with Crippen molar-refractivity contribution in [3.63, 3.8) is 0 Å². The predicted molar refractivity (Wildman–Crippen MR) is 119 cm³/mol. The molecule has 4 rings (SSSR count). The molecular formula is C24H27N6. The number of aryl methyl sites for hydroxylation is 1. The number of imidazole rings is 2. The van der Waals surface area contributed by atoms with E-state index in [2.05, 4.69) is 26.9 Å². The van der Waals surface area contributed by atoms with Crippen LogP contribution in [-0.2, 0) is 6.42 Å². The summed E-state index contributed by atoms with van der Waals surface area (Å²) in [4.78, 5) is 24.5. The number of nitrogens with one attached hydrogen (secondary N) is 2. The molecule has 2 N–H and O–H groups in total. The van der Waals surface area contributed by atoms with Gasteiger partial charge in [0.2, 0.25) is 0 Å². The number of hydrogen-bond acceptors (Lipinski definition) is 4. The minimum atomic E-state index is 0.399. The largest absolute Gasteiger partial charge is 0.348 e. The van der Waals surface area contributed by atoms with Crippen molar-refractivity contribution in [3.8, 4) is 22.5 Å². The van der Waals surface area contributed by atoms with Crippen molar-refractivity contribution in [2.24, 2.45) is 0 Å². The lowest BCUT2D eigenvalue weighted by Crippen LogP contribution is -2.02. The molecule has 0 spiro atoms. The Kier molecular flexibility index (Phi) is 6.65. The number of hydrogen-bond donors (Lipinski definition) is 2. The summed E-state index contributed by atoms with van der Waals surface area (Å²) in [5, 5.41) is 0. The number of H-pyrrole nitrogens is 2. The van der Waals surface area contributed by atoms with Gasteiger partial charge < -0.3 is 9.97 Å². The molecule has 1 unspecified atom stereocenters. The minimum absolute atomic E-state index is 0.399. The summed E-state index contributed by atoms with van der Waals surface area (Å²) in [6.07, 6.45) is 17.4. The molecule has 4 aromatic heterocycles. The summed E-state index contributed by atoms with van der Waals surface area (Å²) in [6, 6.07) is 7.93. The first kappa shape index (κ1) is 20.0. The maximum absolute atomic E-state index is 4.83. The van der Waals surface area contributed by atoms with E-state index >= 15 is 0 Å². The van der Waals surface area contributed by atoms with Crippen molar-refractivity contribution in [1.82, 2.24) is 29.9 Å². The van der Waals surface area contributed by atoms with E-state index in [1.807, 2.05) is 49.1 Å². The predicted octanol–water partition coefficient (Wildman–Crippen LogP) is 5.37. The summed E-state index contributed by atoms with van der Waals surface area (Å²) in [5.41, 5.74) is 3.98. The van der Waals surface area contributed by atoms with Crippen LogP contribution in [0.2, 0.25) is 0 Å². The minimum Gasteiger partial charge on any atom is -0.348 e. The van der Waals surface area contributed by atoms with Crippen molar-refractivity contribution in [2.75, 3.05) is 0 Å². The third kappa shape index (κ3) is 5.00. The fraction of sp³-hybridized carbons (Fsp3) is 0.292. The Labute approximate surface area is 177 Å². The normalized spacial score (nSPS) is 12.2. The van der Waals surface area contributed by atoms with Gasteiger partial charge in [-0.1, -0.05) is 19.8 Å². The van der Waals surface area contributed by atoms with Crippen LogP contribution in [0.25, 0.3) is 22.5 Å². The Bertz CT molecular complexity index is 1020. The molecule has 153 valence electrons. The van der Waals surface area contributed by atoms with E-state index < -0.39 is 0 Å². The molecule has 0 aliphatic heterocycles. The molecule has 4 heterocycles. The van der Waals surface area contributed by atoms with Gasteiger partial charge in [-0.15, -0.1) is 0 Å². The third-order valence-electron chi connectivity index (χ3n) is 5.30. The lowest BCUT2D eigenvalue weighted by molar-refractivity contribution is 0.520. The van der Waals surface area contributed by atoms with Gasteiger partial charge in [-0.25, -0.2) is 9.97 Å². The van der Waals surface area contributed by atoms with Crippen LogP contribution in [0, 0.1) is 6.92 Å². The van der Waals surface area contributed by atoms with Gasteiger partial charge in [0.05, 0.1) is 11.4 Å². The molecule has 6 heteroatoms. The molecule has 6 nitrogen and oxygen atoms in total. The fourth-order valence-electron chi connectivity index (χ4n) is 3.71. The molecule has 0 aliphatic carbocycles. The number of aromatic amines is 2. The Balaban J connectivity index is 1.31. The van der Waals surface area contributed by atoms with Gasteiger partial charge in [0.25, 0.3) is 0 Å². The highest BCUT2D eigenvalue weighted by atomic mass is 14.9. The van der Waals surface area contributed by atoms with Crippen molar-refractivity contribution in [1.29, 1.82) is 0 Å². The molecule has 0 bridgehead atoms. The van der Waals surface area contributed by atoms with Crippen molar-refractivity contribution >= 4 is 0 Å². The van der Waals surface area contributed by atoms with Gasteiger partial charge in [-0.3, -0.25) is 9.97 Å². The van der Waals surface area contributed by atoms with E-state index in [1.54, 1.807) is 12.4 Å². The maximum Gasteiger partial charge on any atom is 0.109 e. The van der Waals surface area contributed by atoms with E-state index in [0.717, 1.165) is 72.7 Å². The van der Waals surface area contributed by atoms with Crippen LogP contribution in [0.3, 0.4) is 0 Å². The average Bonchev–Trinajstić information content (AvgIpc) is 3.47. The van der Waals surface area contributed by atoms with Gasteiger partial charge in [-0.2, -0.15) is 0 Å². The topological polar surface area (TPSA) is 83.1 Å². The molecule has 0 saturated carbocycles. The summed E-state index contributed by atoms with van der Waals surface area (Å²) in [5.74, 6) is 2.48. The first-order valence-corrected chi connectivity index (χ1v) is 10.5. The molecule has 30 heavy (non-hydrogen) atoms. The van der Waals surface area contributed by atoms with Gasteiger partial charge in [0.15, 0.2) is 0 Å². The van der Waals surface area contributed by atoms with E-state index in [4.69, 9.17) is 9.97 Å². The number of aromatic nitrogens is 6. The number of unbranched alkanes of at least 4 members (excludes halogenated alkanes) is 1.